The van der Waals surface area contributed by atoms with E-state index in [-0.39, 0.29) is 17.7 Å². The minimum atomic E-state index is -1.06. The summed E-state index contributed by atoms with van der Waals surface area (Å²) in [5.74, 6) is -1.57. The first kappa shape index (κ1) is 20.9. The van der Waals surface area contributed by atoms with Gasteiger partial charge in [-0.1, -0.05) is 13.8 Å². The fraction of sp³-hybridized carbons (Fsp3) is 0.550. The molecule has 0 spiro atoms. The van der Waals surface area contributed by atoms with Crippen LogP contribution in [-0.2, 0) is 14.3 Å². The van der Waals surface area contributed by atoms with Gasteiger partial charge in [-0.25, -0.2) is 4.79 Å². The summed E-state index contributed by atoms with van der Waals surface area (Å²) in [6.45, 7) is 6.69. The smallest absolute Gasteiger partial charge is 0.326 e. The fourth-order valence-electron chi connectivity index (χ4n) is 3.15. The maximum atomic E-state index is 12.5. The van der Waals surface area contributed by atoms with E-state index in [1.807, 2.05) is 13.8 Å². The van der Waals surface area contributed by atoms with Crippen LogP contribution in [0.4, 0.5) is 5.69 Å². The molecule has 2 atom stereocenters. The maximum absolute atomic E-state index is 12.5. The highest BCUT2D eigenvalue weighted by molar-refractivity contribution is 5.98. The zero-order valence-electron chi connectivity index (χ0n) is 16.1. The fourth-order valence-corrected chi connectivity index (χ4v) is 3.15. The van der Waals surface area contributed by atoms with E-state index in [0.717, 1.165) is 12.0 Å². The molecule has 7 nitrogen and oxygen atoms in total. The molecule has 2 amide bonds. The lowest BCUT2D eigenvalue weighted by Gasteiger charge is -2.28. The van der Waals surface area contributed by atoms with Crippen molar-refractivity contribution < 1.29 is 24.2 Å². The Morgan fingerprint density at radius 2 is 2.04 bits per heavy atom. The van der Waals surface area contributed by atoms with Gasteiger partial charge in [0.15, 0.2) is 0 Å². The molecule has 0 bridgehead atoms. The van der Waals surface area contributed by atoms with Gasteiger partial charge in [-0.3, -0.25) is 9.59 Å². The number of hydrogen-bond acceptors (Lipinski definition) is 4. The predicted octanol–water partition coefficient (Wildman–Crippen LogP) is 2.59. The Bertz CT molecular complexity index is 696. The summed E-state index contributed by atoms with van der Waals surface area (Å²) in [4.78, 5) is 36.0. The highest BCUT2D eigenvalue weighted by atomic mass is 16.5. The number of anilines is 1. The third-order valence-corrected chi connectivity index (χ3v) is 4.58. The van der Waals surface area contributed by atoms with Gasteiger partial charge in [-0.05, 0) is 49.4 Å². The van der Waals surface area contributed by atoms with Crippen LogP contribution < -0.4 is 10.6 Å². The average molecular weight is 376 g/mol. The van der Waals surface area contributed by atoms with Crippen molar-refractivity contribution in [2.75, 3.05) is 18.5 Å². The number of carboxylic acid groups (broad SMARTS) is 1. The van der Waals surface area contributed by atoms with Gasteiger partial charge >= 0.3 is 5.97 Å². The molecule has 0 radical (unpaired) electrons. The number of carbonyl (C=O) groups is 3. The largest absolute Gasteiger partial charge is 0.480 e. The van der Waals surface area contributed by atoms with Gasteiger partial charge in [0, 0.05) is 30.2 Å². The third-order valence-electron chi connectivity index (χ3n) is 4.58. The number of rotatable bonds is 7. The number of hydrogen-bond donors (Lipinski definition) is 3. The van der Waals surface area contributed by atoms with Crippen molar-refractivity contribution in [2.45, 2.75) is 46.1 Å². The standard InChI is InChI=1S/C20H28N2O5/c1-12(2)9-17(23)21-16-7-6-14(10-13(16)3)19(24)22-18(20(25)26)15-5-4-8-27-11-15/h6-7,10,12,15,18H,4-5,8-9,11H2,1-3H3,(H,21,23)(H,22,24)(H,25,26). The molecule has 148 valence electrons. The van der Waals surface area contributed by atoms with Gasteiger partial charge < -0.3 is 20.5 Å². The van der Waals surface area contributed by atoms with E-state index < -0.39 is 17.9 Å². The molecule has 27 heavy (non-hydrogen) atoms. The lowest BCUT2D eigenvalue weighted by molar-refractivity contribution is -0.142. The zero-order valence-corrected chi connectivity index (χ0v) is 16.1. The highest BCUT2D eigenvalue weighted by Gasteiger charge is 2.31. The number of amides is 2. The van der Waals surface area contributed by atoms with Crippen LogP contribution in [0.25, 0.3) is 0 Å². The molecule has 1 aliphatic heterocycles. The van der Waals surface area contributed by atoms with Crippen molar-refractivity contribution in [1.29, 1.82) is 0 Å². The number of ether oxygens (including phenoxy) is 1. The topological polar surface area (TPSA) is 105 Å². The summed E-state index contributed by atoms with van der Waals surface area (Å²) in [6, 6.07) is 3.92. The van der Waals surface area contributed by atoms with Gasteiger partial charge in [0.2, 0.25) is 5.91 Å². The van der Waals surface area contributed by atoms with E-state index in [2.05, 4.69) is 10.6 Å². The van der Waals surface area contributed by atoms with Crippen molar-refractivity contribution in [3.05, 3.63) is 29.3 Å². The summed E-state index contributed by atoms with van der Waals surface area (Å²) < 4.78 is 5.34. The first-order valence-electron chi connectivity index (χ1n) is 9.30. The van der Waals surface area contributed by atoms with Gasteiger partial charge in [0.1, 0.15) is 6.04 Å². The number of carbonyl (C=O) groups excluding carboxylic acids is 2. The Kier molecular flexibility index (Phi) is 7.36. The molecule has 1 heterocycles. The normalized spacial score (nSPS) is 18.0. The Hall–Kier alpha value is -2.41. The van der Waals surface area contributed by atoms with Crippen molar-refractivity contribution in [1.82, 2.24) is 5.32 Å². The molecule has 1 aromatic carbocycles. The van der Waals surface area contributed by atoms with Gasteiger partial charge in [-0.15, -0.1) is 0 Å². The van der Waals surface area contributed by atoms with Gasteiger partial charge in [0.25, 0.3) is 5.91 Å². The van der Waals surface area contributed by atoms with Crippen LogP contribution in [0.5, 0.6) is 0 Å². The summed E-state index contributed by atoms with van der Waals surface area (Å²) in [6.07, 6.45) is 1.91. The summed E-state index contributed by atoms with van der Waals surface area (Å²) in [7, 11) is 0. The molecule has 0 saturated carbocycles. The van der Waals surface area contributed by atoms with Crippen LogP contribution in [0.15, 0.2) is 18.2 Å². The zero-order chi connectivity index (χ0) is 20.0. The lowest BCUT2D eigenvalue weighted by Crippen LogP contribution is -2.48. The molecular formula is C20H28N2O5. The van der Waals surface area contributed by atoms with E-state index in [9.17, 15) is 19.5 Å². The SMILES string of the molecule is Cc1cc(C(=O)NC(C(=O)O)C2CCCOC2)ccc1NC(=O)CC(C)C. The maximum Gasteiger partial charge on any atom is 0.326 e. The van der Waals surface area contributed by atoms with Crippen LogP contribution in [0, 0.1) is 18.8 Å². The second kappa shape index (κ2) is 9.50. The molecule has 0 aliphatic carbocycles. The summed E-state index contributed by atoms with van der Waals surface area (Å²) >= 11 is 0. The molecule has 7 heteroatoms. The first-order chi connectivity index (χ1) is 12.8. The molecule has 1 fully saturated rings. The third kappa shape index (κ3) is 6.06. The highest BCUT2D eigenvalue weighted by Crippen LogP contribution is 2.20. The first-order valence-corrected chi connectivity index (χ1v) is 9.30. The Balaban J connectivity index is 2.05. The Morgan fingerprint density at radius 1 is 1.30 bits per heavy atom. The van der Waals surface area contributed by atoms with Gasteiger partial charge in [0.05, 0.1) is 6.61 Å². The second-order valence-corrected chi connectivity index (χ2v) is 7.44. The van der Waals surface area contributed by atoms with Crippen molar-refractivity contribution in [3.8, 4) is 0 Å². The summed E-state index contributed by atoms with van der Waals surface area (Å²) in [5.41, 5.74) is 1.75. The van der Waals surface area contributed by atoms with Crippen LogP contribution in [0.1, 0.15) is 49.0 Å². The Labute approximate surface area is 159 Å². The second-order valence-electron chi connectivity index (χ2n) is 7.44. The van der Waals surface area contributed by atoms with E-state index in [1.54, 1.807) is 25.1 Å². The molecule has 1 aromatic rings. The molecular weight excluding hydrogens is 348 g/mol. The summed E-state index contributed by atoms with van der Waals surface area (Å²) in [5, 5.41) is 14.9. The number of aryl methyl sites for hydroxylation is 1. The van der Waals surface area contributed by atoms with Crippen LogP contribution in [0.2, 0.25) is 0 Å². The number of aliphatic carboxylic acids is 1. The number of nitrogens with one attached hydrogen (secondary N) is 2. The van der Waals surface area contributed by atoms with E-state index in [1.165, 1.54) is 0 Å². The quantitative estimate of drug-likeness (QED) is 0.678. The molecule has 1 aliphatic rings. The monoisotopic (exact) mass is 376 g/mol. The molecule has 0 aromatic heterocycles. The van der Waals surface area contributed by atoms with Crippen molar-refractivity contribution >= 4 is 23.5 Å². The minimum Gasteiger partial charge on any atom is -0.480 e. The Morgan fingerprint density at radius 3 is 2.59 bits per heavy atom. The number of carboxylic acids is 1. The van der Waals surface area contributed by atoms with E-state index in [4.69, 9.17) is 4.74 Å². The van der Waals surface area contributed by atoms with Crippen LogP contribution >= 0.6 is 0 Å². The predicted molar refractivity (Wildman–Crippen MR) is 102 cm³/mol. The van der Waals surface area contributed by atoms with Crippen LogP contribution in [0.3, 0.4) is 0 Å². The van der Waals surface area contributed by atoms with E-state index >= 15 is 0 Å². The molecule has 1 saturated heterocycles. The molecule has 2 rings (SSSR count). The number of benzene rings is 1. The van der Waals surface area contributed by atoms with Crippen LogP contribution in [-0.4, -0.2) is 42.1 Å². The van der Waals surface area contributed by atoms with Crippen molar-refractivity contribution in [2.24, 2.45) is 11.8 Å². The molecule has 3 N–H and O–H groups in total. The van der Waals surface area contributed by atoms with Crippen molar-refractivity contribution in [3.63, 3.8) is 0 Å². The van der Waals surface area contributed by atoms with Gasteiger partial charge in [-0.2, -0.15) is 0 Å². The minimum absolute atomic E-state index is 0.0754. The lowest BCUT2D eigenvalue weighted by atomic mass is 9.93. The average Bonchev–Trinajstić information content (AvgIpc) is 2.61. The molecule has 2 unspecified atom stereocenters. The van der Waals surface area contributed by atoms with E-state index in [0.29, 0.717) is 37.3 Å².